The first-order chi connectivity index (χ1) is 11.5. The second kappa shape index (κ2) is 14.2. The monoisotopic (exact) mass is 463 g/mol. The van der Waals surface area contributed by atoms with E-state index in [1.54, 1.807) is 6.26 Å². The van der Waals surface area contributed by atoms with Gasteiger partial charge < -0.3 is 20.2 Å². The molecule has 0 bridgehead atoms. The molecule has 0 aliphatic rings. The van der Waals surface area contributed by atoms with E-state index >= 15 is 0 Å². The van der Waals surface area contributed by atoms with E-state index in [0.29, 0.717) is 24.9 Å². The molecule has 0 radical (unpaired) electrons. The molecule has 1 aromatic rings. The zero-order valence-corrected chi connectivity index (χ0v) is 18.1. The smallest absolute Gasteiger partial charge is 0.191 e. The van der Waals surface area contributed by atoms with Crippen LogP contribution in [-0.4, -0.2) is 37.3 Å². The maximum absolute atomic E-state index is 9.24. The Hall–Kier alpha value is -1.02. The van der Waals surface area contributed by atoms with Gasteiger partial charge in [-0.05, 0) is 43.7 Å². The summed E-state index contributed by atoms with van der Waals surface area (Å²) in [7, 11) is 0. The zero-order chi connectivity index (χ0) is 17.8. The highest BCUT2D eigenvalue weighted by Crippen LogP contribution is 2.15. The molecular formula is C19H34IN3O2. The van der Waals surface area contributed by atoms with Crippen molar-refractivity contribution >= 4 is 29.9 Å². The van der Waals surface area contributed by atoms with Gasteiger partial charge in [-0.2, -0.15) is 0 Å². The first kappa shape index (κ1) is 24.0. The van der Waals surface area contributed by atoms with Crippen molar-refractivity contribution in [1.82, 2.24) is 10.6 Å². The highest BCUT2D eigenvalue weighted by molar-refractivity contribution is 14.0. The third-order valence-electron chi connectivity index (χ3n) is 3.65. The predicted molar refractivity (Wildman–Crippen MR) is 116 cm³/mol. The van der Waals surface area contributed by atoms with Crippen molar-refractivity contribution in [3.63, 3.8) is 0 Å². The van der Waals surface area contributed by atoms with Gasteiger partial charge in [-0.25, -0.2) is 0 Å². The van der Waals surface area contributed by atoms with Gasteiger partial charge in [-0.3, -0.25) is 4.99 Å². The maximum Gasteiger partial charge on any atom is 0.191 e. The number of hydrogen-bond acceptors (Lipinski definition) is 3. The Balaban J connectivity index is 0.00000576. The molecule has 0 aromatic carbocycles. The Morgan fingerprint density at radius 2 is 2.12 bits per heavy atom. The summed E-state index contributed by atoms with van der Waals surface area (Å²) in [4.78, 5) is 4.70. The summed E-state index contributed by atoms with van der Waals surface area (Å²) in [6.07, 6.45) is 4.37. The molecule has 1 unspecified atom stereocenters. The summed E-state index contributed by atoms with van der Waals surface area (Å²) in [5.41, 5.74) is 1.06. The minimum absolute atomic E-state index is 0. The van der Waals surface area contributed by atoms with E-state index < -0.39 is 0 Å². The van der Waals surface area contributed by atoms with E-state index in [2.05, 4.69) is 31.1 Å². The van der Waals surface area contributed by atoms with E-state index in [0.717, 1.165) is 43.1 Å². The molecule has 5 nitrogen and oxygen atoms in total. The molecule has 0 spiro atoms. The van der Waals surface area contributed by atoms with E-state index in [4.69, 9.17) is 9.41 Å². The molecule has 25 heavy (non-hydrogen) atoms. The number of halogens is 1. The number of guanidine groups is 1. The topological polar surface area (TPSA) is 69.8 Å². The van der Waals surface area contributed by atoms with Crippen molar-refractivity contribution in [1.29, 1.82) is 0 Å². The molecule has 0 fully saturated rings. The summed E-state index contributed by atoms with van der Waals surface area (Å²) in [5.74, 6) is 2.76. The second-order valence-corrected chi connectivity index (χ2v) is 6.76. The lowest BCUT2D eigenvalue weighted by atomic mass is 9.94. The van der Waals surface area contributed by atoms with Gasteiger partial charge in [0, 0.05) is 32.7 Å². The molecule has 0 saturated carbocycles. The van der Waals surface area contributed by atoms with Crippen LogP contribution in [0.15, 0.2) is 40.0 Å². The molecule has 0 aliphatic carbocycles. The molecule has 0 saturated heterocycles. The lowest BCUT2D eigenvalue weighted by Crippen LogP contribution is -2.39. The van der Waals surface area contributed by atoms with Crippen LogP contribution < -0.4 is 10.6 Å². The highest BCUT2D eigenvalue weighted by Gasteiger charge is 2.11. The van der Waals surface area contributed by atoms with Crippen LogP contribution in [0.2, 0.25) is 0 Å². The fraction of sp³-hybridized carbons (Fsp3) is 0.632. The molecule has 144 valence electrons. The molecular weight excluding hydrogens is 429 g/mol. The van der Waals surface area contributed by atoms with Crippen LogP contribution in [0.5, 0.6) is 0 Å². The Morgan fingerprint density at radius 3 is 2.68 bits per heavy atom. The number of hydrogen-bond donors (Lipinski definition) is 3. The van der Waals surface area contributed by atoms with Crippen LogP contribution in [0.25, 0.3) is 0 Å². The van der Waals surface area contributed by atoms with Crippen LogP contribution in [-0.2, 0) is 6.42 Å². The average molecular weight is 463 g/mol. The van der Waals surface area contributed by atoms with Gasteiger partial charge in [-0.1, -0.05) is 26.0 Å². The van der Waals surface area contributed by atoms with Gasteiger partial charge in [0.05, 0.1) is 6.26 Å². The van der Waals surface area contributed by atoms with Gasteiger partial charge >= 0.3 is 0 Å². The van der Waals surface area contributed by atoms with Crippen molar-refractivity contribution < 1.29 is 9.52 Å². The molecule has 0 amide bonds. The minimum atomic E-state index is 0. The largest absolute Gasteiger partial charge is 0.469 e. The van der Waals surface area contributed by atoms with Gasteiger partial charge in [0.2, 0.25) is 0 Å². The SMILES string of the molecule is C=C(C)CNC(=NCC(CCO)CC(C)C)NCCc1ccco1.I. The van der Waals surface area contributed by atoms with E-state index in [1.165, 1.54) is 0 Å². The van der Waals surface area contributed by atoms with Crippen LogP contribution in [0.4, 0.5) is 0 Å². The van der Waals surface area contributed by atoms with Crippen LogP contribution >= 0.6 is 24.0 Å². The number of aliphatic imine (C=N–C) groups is 1. The summed E-state index contributed by atoms with van der Waals surface area (Å²) in [6, 6.07) is 3.87. The van der Waals surface area contributed by atoms with E-state index in [9.17, 15) is 5.11 Å². The van der Waals surface area contributed by atoms with Crippen LogP contribution in [0.3, 0.4) is 0 Å². The zero-order valence-electron chi connectivity index (χ0n) is 15.8. The van der Waals surface area contributed by atoms with Gasteiger partial charge in [0.25, 0.3) is 0 Å². The van der Waals surface area contributed by atoms with Gasteiger partial charge in [0.15, 0.2) is 5.96 Å². The number of nitrogens with zero attached hydrogens (tertiary/aromatic N) is 1. The van der Waals surface area contributed by atoms with Gasteiger partial charge in [-0.15, -0.1) is 24.0 Å². The summed E-state index contributed by atoms with van der Waals surface area (Å²) in [6.45, 7) is 12.7. The molecule has 1 rings (SSSR count). The number of furan rings is 1. The minimum Gasteiger partial charge on any atom is -0.469 e. The van der Waals surface area contributed by atoms with Crippen molar-refractivity contribution in [2.75, 3.05) is 26.2 Å². The standard InChI is InChI=1S/C19H33N3O2.HI/c1-15(2)12-17(8-10-23)14-22-19(21-13-16(3)4)20-9-7-18-6-5-11-24-18;/h5-6,11,15,17,23H,3,7-10,12-14H2,1-2,4H3,(H2,20,21,22);1H. The van der Waals surface area contributed by atoms with Gasteiger partial charge in [0.1, 0.15) is 5.76 Å². The lowest BCUT2D eigenvalue weighted by Gasteiger charge is -2.18. The first-order valence-corrected chi connectivity index (χ1v) is 8.81. The van der Waals surface area contributed by atoms with Crippen molar-refractivity contribution in [3.05, 3.63) is 36.3 Å². The van der Waals surface area contributed by atoms with Crippen molar-refractivity contribution in [2.45, 2.75) is 40.0 Å². The molecule has 1 heterocycles. The first-order valence-electron chi connectivity index (χ1n) is 8.81. The quantitative estimate of drug-likeness (QED) is 0.203. The molecule has 1 aromatic heterocycles. The molecule has 0 aliphatic heterocycles. The Labute approximate surface area is 169 Å². The molecule has 6 heteroatoms. The third kappa shape index (κ3) is 12.0. The van der Waals surface area contributed by atoms with Crippen molar-refractivity contribution in [2.24, 2.45) is 16.8 Å². The molecule has 1 atom stereocenters. The number of aliphatic hydroxyl groups excluding tert-OH is 1. The van der Waals surface area contributed by atoms with Crippen LogP contribution in [0, 0.1) is 11.8 Å². The maximum atomic E-state index is 9.24. The fourth-order valence-electron chi connectivity index (χ4n) is 2.52. The normalized spacial score (nSPS) is 12.6. The summed E-state index contributed by atoms with van der Waals surface area (Å²) in [5, 5.41) is 15.9. The number of aliphatic hydroxyl groups is 1. The average Bonchev–Trinajstić information content (AvgIpc) is 3.02. The Morgan fingerprint density at radius 1 is 1.36 bits per heavy atom. The predicted octanol–water partition coefficient (Wildman–Crippen LogP) is 3.60. The van der Waals surface area contributed by atoms with E-state index in [-0.39, 0.29) is 30.6 Å². The summed E-state index contributed by atoms with van der Waals surface area (Å²) >= 11 is 0. The Kier molecular flexibility index (Phi) is 13.6. The lowest BCUT2D eigenvalue weighted by molar-refractivity contribution is 0.245. The third-order valence-corrected chi connectivity index (χ3v) is 3.65. The van der Waals surface area contributed by atoms with Crippen molar-refractivity contribution in [3.8, 4) is 0 Å². The fourth-order valence-corrected chi connectivity index (χ4v) is 2.52. The van der Waals surface area contributed by atoms with E-state index in [1.807, 2.05) is 19.1 Å². The highest BCUT2D eigenvalue weighted by atomic mass is 127. The van der Waals surface area contributed by atoms with Crippen LogP contribution in [0.1, 0.15) is 39.4 Å². The number of rotatable bonds is 11. The molecule has 3 N–H and O–H groups in total. The number of nitrogens with one attached hydrogen (secondary N) is 2. The second-order valence-electron chi connectivity index (χ2n) is 6.76. The summed E-state index contributed by atoms with van der Waals surface area (Å²) < 4.78 is 5.35. The Bertz CT molecular complexity index is 487.